The van der Waals surface area contributed by atoms with Gasteiger partial charge in [-0.1, -0.05) is 70.2 Å². The first kappa shape index (κ1) is 19.9. The molecule has 1 saturated heterocycles. The van der Waals surface area contributed by atoms with Crippen molar-refractivity contribution in [3.8, 4) is 0 Å². The van der Waals surface area contributed by atoms with Gasteiger partial charge < -0.3 is 4.74 Å². The van der Waals surface area contributed by atoms with Gasteiger partial charge in [0.05, 0.1) is 22.6 Å². The molecule has 0 spiro atoms. The number of carbonyl (C=O) groups is 2. The summed E-state index contributed by atoms with van der Waals surface area (Å²) in [5, 5.41) is 0.389. The van der Waals surface area contributed by atoms with Gasteiger partial charge in [0.2, 0.25) is 5.91 Å². The number of allylic oxidation sites excluding steroid dienone is 1. The zero-order valence-corrected chi connectivity index (χ0v) is 18.4. The fraction of sp³-hybridized carbons (Fsp3) is 0.227. The van der Waals surface area contributed by atoms with E-state index in [1.54, 1.807) is 11.8 Å². The van der Waals surface area contributed by atoms with Crippen LogP contribution in [-0.4, -0.2) is 27.2 Å². The topological polar surface area (TPSA) is 59.0 Å². The number of thioether (sulfide) groups is 1. The van der Waals surface area contributed by atoms with Crippen molar-refractivity contribution in [2.24, 2.45) is 4.99 Å². The van der Waals surface area contributed by atoms with Crippen LogP contribution in [0.25, 0.3) is 0 Å². The molecule has 0 aliphatic carbocycles. The highest BCUT2D eigenvalue weighted by Crippen LogP contribution is 2.43. The van der Waals surface area contributed by atoms with E-state index in [0.29, 0.717) is 16.4 Å². The Morgan fingerprint density at radius 2 is 1.97 bits per heavy atom. The number of amidine groups is 1. The molecule has 2 aromatic rings. The van der Waals surface area contributed by atoms with Gasteiger partial charge in [-0.15, -0.1) is 0 Å². The number of ether oxygens (including phenoxy) is 1. The lowest BCUT2D eigenvalue weighted by molar-refractivity contribution is -0.141. The second kappa shape index (κ2) is 8.16. The number of rotatable bonds is 4. The van der Waals surface area contributed by atoms with Crippen molar-refractivity contribution in [1.82, 2.24) is 4.90 Å². The Kier molecular flexibility index (Phi) is 5.61. The molecule has 0 saturated carbocycles. The Hall–Kier alpha value is -2.38. The number of carbonyl (C=O) groups excluding carboxylic acids is 2. The SMILES string of the molecule is CC1=C(C(=O)OCc2ccccc2)[C@@H](c2cccc(Br)c2)N2C(=O)[C@H](C)SC2=N1. The standard InChI is InChI=1S/C22H19BrN2O3S/c1-13-18(21(27)28-12-15-7-4-3-5-8-15)19(16-9-6-10-17(23)11-16)25-20(26)14(2)29-22(25)24-13/h3-11,14,19H,12H2,1-2H3/t14-,19+/m0/s1. The molecule has 4 rings (SSSR count). The van der Waals surface area contributed by atoms with Gasteiger partial charge >= 0.3 is 5.97 Å². The minimum absolute atomic E-state index is 0.0559. The number of hydrogen-bond acceptors (Lipinski definition) is 5. The van der Waals surface area contributed by atoms with Crippen molar-refractivity contribution in [2.75, 3.05) is 0 Å². The predicted octanol–water partition coefficient (Wildman–Crippen LogP) is 4.84. The molecule has 7 heteroatoms. The lowest BCUT2D eigenvalue weighted by atomic mass is 9.94. The van der Waals surface area contributed by atoms with Crippen molar-refractivity contribution < 1.29 is 14.3 Å². The molecule has 0 radical (unpaired) electrons. The van der Waals surface area contributed by atoms with Crippen LogP contribution >= 0.6 is 27.7 Å². The van der Waals surface area contributed by atoms with E-state index in [0.717, 1.165) is 15.6 Å². The third kappa shape index (κ3) is 3.89. The van der Waals surface area contributed by atoms with Gasteiger partial charge in [0.15, 0.2) is 5.17 Å². The largest absolute Gasteiger partial charge is 0.457 e. The number of amides is 1. The van der Waals surface area contributed by atoms with Crippen LogP contribution < -0.4 is 0 Å². The summed E-state index contributed by atoms with van der Waals surface area (Å²) in [4.78, 5) is 32.2. The van der Waals surface area contributed by atoms with E-state index in [2.05, 4.69) is 20.9 Å². The van der Waals surface area contributed by atoms with Gasteiger partial charge in [-0.3, -0.25) is 9.69 Å². The molecule has 1 amide bonds. The minimum Gasteiger partial charge on any atom is -0.457 e. The smallest absolute Gasteiger partial charge is 0.338 e. The van der Waals surface area contributed by atoms with Crippen LogP contribution in [0.5, 0.6) is 0 Å². The van der Waals surface area contributed by atoms with Gasteiger partial charge in [0.25, 0.3) is 0 Å². The Balaban J connectivity index is 1.72. The third-order valence-electron chi connectivity index (χ3n) is 4.86. The Morgan fingerprint density at radius 1 is 1.21 bits per heavy atom. The number of esters is 1. The molecule has 0 N–H and O–H groups in total. The molecule has 2 aliphatic heterocycles. The van der Waals surface area contributed by atoms with Crippen molar-refractivity contribution >= 4 is 44.7 Å². The van der Waals surface area contributed by atoms with E-state index in [9.17, 15) is 9.59 Å². The van der Waals surface area contributed by atoms with E-state index >= 15 is 0 Å². The van der Waals surface area contributed by atoms with Crippen molar-refractivity contribution in [3.05, 3.63) is 81.5 Å². The fourth-order valence-corrected chi connectivity index (χ4v) is 4.90. The Morgan fingerprint density at radius 3 is 2.69 bits per heavy atom. The summed E-state index contributed by atoms with van der Waals surface area (Å²) in [5.41, 5.74) is 2.71. The van der Waals surface area contributed by atoms with E-state index in [1.807, 2.05) is 61.5 Å². The van der Waals surface area contributed by atoms with Crippen LogP contribution in [0.4, 0.5) is 0 Å². The summed E-state index contributed by atoms with van der Waals surface area (Å²) >= 11 is 4.91. The quantitative estimate of drug-likeness (QED) is 0.599. The summed E-state index contributed by atoms with van der Waals surface area (Å²) < 4.78 is 6.48. The summed E-state index contributed by atoms with van der Waals surface area (Å²) in [5.74, 6) is -0.518. The lowest BCUT2D eigenvalue weighted by Crippen LogP contribution is -2.40. The maximum absolute atomic E-state index is 13.1. The van der Waals surface area contributed by atoms with Gasteiger partial charge in [0, 0.05) is 4.47 Å². The fourth-order valence-electron chi connectivity index (χ4n) is 3.46. The number of aliphatic imine (C=N–C) groups is 1. The van der Waals surface area contributed by atoms with Crippen molar-refractivity contribution in [2.45, 2.75) is 31.7 Å². The predicted molar refractivity (Wildman–Crippen MR) is 117 cm³/mol. The maximum atomic E-state index is 13.1. The average Bonchev–Trinajstić information content (AvgIpc) is 2.99. The average molecular weight is 471 g/mol. The lowest BCUT2D eigenvalue weighted by Gasteiger charge is -2.33. The maximum Gasteiger partial charge on any atom is 0.338 e. The first-order valence-electron chi connectivity index (χ1n) is 9.21. The summed E-state index contributed by atoms with van der Waals surface area (Å²) in [6.07, 6.45) is 0. The normalized spacial score (nSPS) is 21.1. The van der Waals surface area contributed by atoms with E-state index in [1.165, 1.54) is 11.8 Å². The highest BCUT2D eigenvalue weighted by molar-refractivity contribution is 9.10. The molecule has 2 heterocycles. The van der Waals surface area contributed by atoms with Crippen LogP contribution in [0.3, 0.4) is 0 Å². The molecular formula is C22H19BrN2O3S. The molecule has 5 nitrogen and oxygen atoms in total. The van der Waals surface area contributed by atoms with Gasteiger partial charge in [-0.05, 0) is 37.1 Å². The first-order chi connectivity index (χ1) is 14.0. The van der Waals surface area contributed by atoms with E-state index < -0.39 is 12.0 Å². The van der Waals surface area contributed by atoms with Crippen molar-refractivity contribution in [3.63, 3.8) is 0 Å². The number of fused-ring (bicyclic) bond motifs is 1. The third-order valence-corrected chi connectivity index (χ3v) is 6.40. The van der Waals surface area contributed by atoms with E-state index in [-0.39, 0.29) is 17.8 Å². The number of hydrogen-bond donors (Lipinski definition) is 0. The second-order valence-corrected chi connectivity index (χ2v) is 9.10. The number of nitrogens with zero attached hydrogens (tertiary/aromatic N) is 2. The zero-order valence-electron chi connectivity index (χ0n) is 16.0. The van der Waals surface area contributed by atoms with Crippen molar-refractivity contribution in [1.29, 1.82) is 0 Å². The van der Waals surface area contributed by atoms with Crippen LogP contribution in [0.2, 0.25) is 0 Å². The second-order valence-electron chi connectivity index (χ2n) is 6.88. The van der Waals surface area contributed by atoms with Crippen LogP contribution in [0.15, 0.2) is 75.3 Å². The zero-order chi connectivity index (χ0) is 20.5. The molecule has 0 bridgehead atoms. The highest BCUT2D eigenvalue weighted by atomic mass is 79.9. The molecule has 148 valence electrons. The first-order valence-corrected chi connectivity index (χ1v) is 10.9. The Labute approximate surface area is 182 Å². The Bertz CT molecular complexity index is 1040. The molecule has 1 fully saturated rings. The summed E-state index contributed by atoms with van der Waals surface area (Å²) in [7, 11) is 0. The van der Waals surface area contributed by atoms with Gasteiger partial charge in [-0.2, -0.15) is 0 Å². The van der Waals surface area contributed by atoms with Crippen LogP contribution in [0, 0.1) is 0 Å². The monoisotopic (exact) mass is 470 g/mol. The van der Waals surface area contributed by atoms with Gasteiger partial charge in [-0.25, -0.2) is 9.79 Å². The summed E-state index contributed by atoms with van der Waals surface area (Å²) in [6, 6.07) is 16.6. The minimum atomic E-state index is -0.562. The molecule has 0 aromatic heterocycles. The molecule has 0 unspecified atom stereocenters. The molecule has 29 heavy (non-hydrogen) atoms. The molecule has 2 atom stereocenters. The molecule has 2 aromatic carbocycles. The van der Waals surface area contributed by atoms with Crippen LogP contribution in [-0.2, 0) is 20.9 Å². The highest BCUT2D eigenvalue weighted by Gasteiger charge is 2.46. The molecular weight excluding hydrogens is 452 g/mol. The van der Waals surface area contributed by atoms with Gasteiger partial charge in [0.1, 0.15) is 6.61 Å². The van der Waals surface area contributed by atoms with E-state index in [4.69, 9.17) is 4.74 Å². The number of halogens is 1. The van der Waals surface area contributed by atoms with Crippen LogP contribution in [0.1, 0.15) is 31.0 Å². The molecule has 2 aliphatic rings. The number of benzene rings is 2. The summed E-state index contributed by atoms with van der Waals surface area (Å²) in [6.45, 7) is 3.81.